The average Bonchev–Trinajstić information content (AvgIpc) is 2.30. The van der Waals surface area contributed by atoms with Crippen LogP contribution in [-0.2, 0) is 4.79 Å². The highest BCUT2D eigenvalue weighted by Crippen LogP contribution is 2.48. The predicted octanol–water partition coefficient (Wildman–Crippen LogP) is -1.06. The minimum atomic E-state index is -0.105. The molecule has 0 radical (unpaired) electrons. The van der Waals surface area contributed by atoms with Gasteiger partial charge in [-0.1, -0.05) is 0 Å². The molecule has 3 heteroatoms. The first kappa shape index (κ1) is 5.23. The zero-order chi connectivity index (χ0) is 6.43. The summed E-state index contributed by atoms with van der Waals surface area (Å²) in [4.78, 5) is 10.6. The first-order valence-corrected chi connectivity index (χ1v) is 3.31. The number of primary amides is 1. The first-order valence-electron chi connectivity index (χ1n) is 3.31. The molecule has 0 aromatic carbocycles. The lowest BCUT2D eigenvalue weighted by atomic mass is 10.3. The Kier molecular flexibility index (Phi) is 0.858. The SMILES string of the molecule is NC(=O)C1C2CNC[C@H]21. The average molecular weight is 126 g/mol. The van der Waals surface area contributed by atoms with Gasteiger partial charge < -0.3 is 11.1 Å². The lowest BCUT2D eigenvalue weighted by Crippen LogP contribution is -2.23. The van der Waals surface area contributed by atoms with E-state index in [9.17, 15) is 4.79 Å². The summed E-state index contributed by atoms with van der Waals surface area (Å²) in [6.07, 6.45) is 0. The number of carbonyl (C=O) groups is 1. The minimum Gasteiger partial charge on any atom is -0.369 e. The van der Waals surface area contributed by atoms with Crippen LogP contribution in [0, 0.1) is 17.8 Å². The number of hydrogen-bond acceptors (Lipinski definition) is 2. The number of amides is 1. The molecule has 9 heavy (non-hydrogen) atoms. The highest BCUT2D eigenvalue weighted by molar-refractivity contribution is 5.80. The number of hydrogen-bond donors (Lipinski definition) is 2. The van der Waals surface area contributed by atoms with Crippen LogP contribution in [0.4, 0.5) is 0 Å². The molecule has 1 aliphatic heterocycles. The molecule has 1 saturated carbocycles. The second-order valence-electron chi connectivity index (χ2n) is 2.91. The maximum Gasteiger partial charge on any atom is 0.221 e. The van der Waals surface area contributed by atoms with Crippen molar-refractivity contribution < 1.29 is 4.79 Å². The van der Waals surface area contributed by atoms with E-state index < -0.39 is 0 Å². The third kappa shape index (κ3) is 0.580. The zero-order valence-electron chi connectivity index (χ0n) is 5.13. The zero-order valence-corrected chi connectivity index (χ0v) is 5.13. The Bertz CT molecular complexity index is 147. The summed E-state index contributed by atoms with van der Waals surface area (Å²) in [5.74, 6) is 1.28. The molecule has 1 aliphatic carbocycles. The maximum absolute atomic E-state index is 10.6. The van der Waals surface area contributed by atoms with Crippen molar-refractivity contribution in [3.63, 3.8) is 0 Å². The summed E-state index contributed by atoms with van der Waals surface area (Å²) < 4.78 is 0. The summed E-state index contributed by atoms with van der Waals surface area (Å²) in [7, 11) is 0. The summed E-state index contributed by atoms with van der Waals surface area (Å²) in [5, 5.41) is 3.20. The van der Waals surface area contributed by atoms with E-state index in [-0.39, 0.29) is 11.8 Å². The Morgan fingerprint density at radius 1 is 1.44 bits per heavy atom. The smallest absolute Gasteiger partial charge is 0.221 e. The molecular formula is C6H10N2O. The summed E-state index contributed by atoms with van der Waals surface area (Å²) in [6, 6.07) is 0. The molecule has 3 nitrogen and oxygen atoms in total. The van der Waals surface area contributed by atoms with E-state index in [1.54, 1.807) is 0 Å². The normalized spacial score (nSPS) is 46.4. The van der Waals surface area contributed by atoms with Gasteiger partial charge in [0.2, 0.25) is 5.91 Å². The van der Waals surface area contributed by atoms with E-state index >= 15 is 0 Å². The van der Waals surface area contributed by atoms with Crippen LogP contribution < -0.4 is 11.1 Å². The van der Waals surface area contributed by atoms with Gasteiger partial charge in [-0.25, -0.2) is 0 Å². The number of fused-ring (bicyclic) bond motifs is 1. The first-order chi connectivity index (χ1) is 4.30. The van der Waals surface area contributed by atoms with Crippen molar-refractivity contribution in [2.75, 3.05) is 13.1 Å². The van der Waals surface area contributed by atoms with Crippen molar-refractivity contribution >= 4 is 5.91 Å². The van der Waals surface area contributed by atoms with E-state index in [4.69, 9.17) is 5.73 Å². The second-order valence-corrected chi connectivity index (χ2v) is 2.91. The van der Waals surface area contributed by atoms with E-state index in [0.717, 1.165) is 13.1 Å². The van der Waals surface area contributed by atoms with E-state index in [1.807, 2.05) is 0 Å². The van der Waals surface area contributed by atoms with Crippen LogP contribution in [0.25, 0.3) is 0 Å². The third-order valence-corrected chi connectivity index (χ3v) is 2.42. The predicted molar refractivity (Wildman–Crippen MR) is 32.5 cm³/mol. The van der Waals surface area contributed by atoms with Gasteiger partial charge in [0.15, 0.2) is 0 Å². The molecule has 50 valence electrons. The van der Waals surface area contributed by atoms with Crippen molar-refractivity contribution in [2.24, 2.45) is 23.5 Å². The van der Waals surface area contributed by atoms with Crippen molar-refractivity contribution in [3.8, 4) is 0 Å². The fourth-order valence-electron chi connectivity index (χ4n) is 1.84. The highest BCUT2D eigenvalue weighted by Gasteiger charge is 2.55. The minimum absolute atomic E-state index is 0.105. The number of piperidine rings is 1. The fraction of sp³-hybridized carbons (Fsp3) is 0.833. The molecule has 1 heterocycles. The van der Waals surface area contributed by atoms with Gasteiger partial charge in [-0.05, 0) is 24.9 Å². The van der Waals surface area contributed by atoms with Crippen LogP contribution in [-0.4, -0.2) is 19.0 Å². The topological polar surface area (TPSA) is 55.1 Å². The number of nitrogens with one attached hydrogen (secondary N) is 1. The van der Waals surface area contributed by atoms with Gasteiger partial charge >= 0.3 is 0 Å². The standard InChI is InChI=1S/C6H10N2O/c7-6(9)5-3-1-8-2-4(3)5/h3-5,8H,1-2H2,(H2,7,9)/t3-,4?,5?/m1/s1. The third-order valence-electron chi connectivity index (χ3n) is 2.42. The highest BCUT2D eigenvalue weighted by atomic mass is 16.1. The van der Waals surface area contributed by atoms with Crippen molar-refractivity contribution in [1.29, 1.82) is 0 Å². The van der Waals surface area contributed by atoms with E-state index in [0.29, 0.717) is 11.8 Å². The Hall–Kier alpha value is -0.570. The molecule has 0 aromatic heterocycles. The van der Waals surface area contributed by atoms with Gasteiger partial charge in [0.1, 0.15) is 0 Å². The molecule has 2 unspecified atom stereocenters. The number of rotatable bonds is 1. The monoisotopic (exact) mass is 126 g/mol. The van der Waals surface area contributed by atoms with Crippen molar-refractivity contribution in [2.45, 2.75) is 0 Å². The molecule has 0 aromatic rings. The number of nitrogens with two attached hydrogens (primary N) is 1. The Labute approximate surface area is 53.6 Å². The van der Waals surface area contributed by atoms with Gasteiger partial charge in [0.25, 0.3) is 0 Å². The molecule has 3 atom stereocenters. The number of carbonyl (C=O) groups excluding carboxylic acids is 1. The summed E-state index contributed by atoms with van der Waals surface area (Å²) in [5.41, 5.74) is 5.12. The van der Waals surface area contributed by atoms with Crippen LogP contribution in [0.3, 0.4) is 0 Å². The molecule has 3 N–H and O–H groups in total. The van der Waals surface area contributed by atoms with Crippen LogP contribution in [0.1, 0.15) is 0 Å². The van der Waals surface area contributed by atoms with Crippen LogP contribution in [0.2, 0.25) is 0 Å². The fourth-order valence-corrected chi connectivity index (χ4v) is 1.84. The van der Waals surface area contributed by atoms with Gasteiger partial charge in [0, 0.05) is 5.92 Å². The van der Waals surface area contributed by atoms with Gasteiger partial charge in [-0.2, -0.15) is 0 Å². The Morgan fingerprint density at radius 3 is 2.33 bits per heavy atom. The van der Waals surface area contributed by atoms with Gasteiger partial charge in [-0.3, -0.25) is 4.79 Å². The second kappa shape index (κ2) is 1.48. The van der Waals surface area contributed by atoms with E-state index in [1.165, 1.54) is 0 Å². The van der Waals surface area contributed by atoms with Crippen LogP contribution in [0.15, 0.2) is 0 Å². The Morgan fingerprint density at radius 2 is 2.00 bits per heavy atom. The molecule has 2 rings (SSSR count). The lowest BCUT2D eigenvalue weighted by molar-refractivity contribution is -0.119. The van der Waals surface area contributed by atoms with E-state index in [2.05, 4.69) is 5.32 Å². The van der Waals surface area contributed by atoms with Crippen LogP contribution in [0.5, 0.6) is 0 Å². The molecule has 1 saturated heterocycles. The van der Waals surface area contributed by atoms with Crippen molar-refractivity contribution in [1.82, 2.24) is 5.32 Å². The van der Waals surface area contributed by atoms with Crippen LogP contribution >= 0.6 is 0 Å². The molecule has 0 spiro atoms. The van der Waals surface area contributed by atoms with Gasteiger partial charge in [0.05, 0.1) is 0 Å². The maximum atomic E-state index is 10.6. The van der Waals surface area contributed by atoms with Gasteiger partial charge in [-0.15, -0.1) is 0 Å². The molecule has 2 fully saturated rings. The Balaban J connectivity index is 2.02. The molecule has 2 aliphatic rings. The molecule has 0 bridgehead atoms. The largest absolute Gasteiger partial charge is 0.369 e. The van der Waals surface area contributed by atoms with Crippen molar-refractivity contribution in [3.05, 3.63) is 0 Å². The summed E-state index contributed by atoms with van der Waals surface area (Å²) in [6.45, 7) is 2.00. The summed E-state index contributed by atoms with van der Waals surface area (Å²) >= 11 is 0. The molecular weight excluding hydrogens is 116 g/mol. The quantitative estimate of drug-likeness (QED) is 0.470. The lowest BCUT2D eigenvalue weighted by Gasteiger charge is -1.97. The molecule has 1 amide bonds.